The molecule has 0 heterocycles. The van der Waals surface area contributed by atoms with Gasteiger partial charge in [0.1, 0.15) is 0 Å². The normalized spacial score (nSPS) is 19.7. The average molecular weight is 275 g/mol. The maximum atomic E-state index is 6.14. The molecule has 1 aliphatic rings. The molecule has 1 fully saturated rings. The summed E-state index contributed by atoms with van der Waals surface area (Å²) < 4.78 is 6.14. The van der Waals surface area contributed by atoms with Crippen LogP contribution >= 0.6 is 0 Å². The molecule has 2 atom stereocenters. The molecule has 1 aliphatic carbocycles. The Balaban J connectivity index is 2.03. The fourth-order valence-electron chi connectivity index (χ4n) is 3.49. The lowest BCUT2D eigenvalue weighted by atomic mass is 9.81. The van der Waals surface area contributed by atoms with E-state index in [2.05, 4.69) is 49.6 Å². The zero-order valence-electron chi connectivity index (χ0n) is 13.0. The molecule has 2 nitrogen and oxygen atoms in total. The van der Waals surface area contributed by atoms with Gasteiger partial charge in [-0.2, -0.15) is 0 Å². The summed E-state index contributed by atoms with van der Waals surface area (Å²) in [6.07, 6.45) is 8.21. The first kappa shape index (κ1) is 15.5. The summed E-state index contributed by atoms with van der Waals surface area (Å²) in [6, 6.07) is 11.2. The van der Waals surface area contributed by atoms with E-state index in [9.17, 15) is 0 Å². The van der Waals surface area contributed by atoms with Gasteiger partial charge in [-0.1, -0.05) is 49.6 Å². The molecule has 2 heteroatoms. The van der Waals surface area contributed by atoms with Crippen molar-refractivity contribution in [3.63, 3.8) is 0 Å². The third kappa shape index (κ3) is 4.32. The minimum absolute atomic E-state index is 0.352. The Morgan fingerprint density at radius 1 is 1.15 bits per heavy atom. The van der Waals surface area contributed by atoms with Crippen LogP contribution in [0, 0.1) is 5.92 Å². The molecule has 0 aromatic heterocycles. The van der Waals surface area contributed by atoms with Gasteiger partial charge in [0.25, 0.3) is 0 Å². The van der Waals surface area contributed by atoms with Crippen LogP contribution in [0.25, 0.3) is 0 Å². The van der Waals surface area contributed by atoms with Gasteiger partial charge in [-0.15, -0.1) is 0 Å². The van der Waals surface area contributed by atoms with E-state index in [0.29, 0.717) is 12.1 Å². The second-order valence-corrected chi connectivity index (χ2v) is 5.90. The third-order valence-corrected chi connectivity index (χ3v) is 4.54. The maximum absolute atomic E-state index is 6.14. The largest absolute Gasteiger partial charge is 0.377 e. The Kier molecular flexibility index (Phi) is 6.55. The lowest BCUT2D eigenvalue weighted by molar-refractivity contribution is -0.0159. The highest BCUT2D eigenvalue weighted by Gasteiger charge is 2.30. The van der Waals surface area contributed by atoms with Gasteiger partial charge in [0, 0.05) is 12.6 Å². The topological polar surface area (TPSA) is 21.3 Å². The predicted octanol–water partition coefficient (Wildman–Crippen LogP) is 3.80. The van der Waals surface area contributed by atoms with Gasteiger partial charge in [0.15, 0.2) is 0 Å². The lowest BCUT2D eigenvalue weighted by Crippen LogP contribution is -2.46. The van der Waals surface area contributed by atoms with E-state index < -0.39 is 0 Å². The van der Waals surface area contributed by atoms with E-state index in [0.717, 1.165) is 18.9 Å². The SMILES string of the molecule is CCOC(C1CCCCC1)C(Cc1ccccc1)NC. The molecule has 0 aliphatic heterocycles. The van der Waals surface area contributed by atoms with E-state index in [1.165, 1.54) is 37.7 Å². The van der Waals surface area contributed by atoms with Crippen LogP contribution in [0.4, 0.5) is 0 Å². The summed E-state index contributed by atoms with van der Waals surface area (Å²) in [5.41, 5.74) is 1.40. The number of hydrogen-bond donors (Lipinski definition) is 1. The monoisotopic (exact) mass is 275 g/mol. The Labute approximate surface area is 123 Å². The highest BCUT2D eigenvalue weighted by Crippen LogP contribution is 2.30. The van der Waals surface area contributed by atoms with Crippen LogP contribution in [0.3, 0.4) is 0 Å². The Hall–Kier alpha value is -0.860. The van der Waals surface area contributed by atoms with Crippen LogP contribution in [0.2, 0.25) is 0 Å². The fraction of sp³-hybridized carbons (Fsp3) is 0.667. The first-order valence-corrected chi connectivity index (χ1v) is 8.18. The van der Waals surface area contributed by atoms with Gasteiger partial charge >= 0.3 is 0 Å². The standard InChI is InChI=1S/C18H29NO/c1-3-20-18(16-12-8-5-9-13-16)17(19-2)14-15-10-6-4-7-11-15/h4,6-7,10-11,16-19H,3,5,8-9,12-14H2,1-2H3. The molecule has 0 radical (unpaired) electrons. The van der Waals surface area contributed by atoms with Crippen LogP contribution in [0.15, 0.2) is 30.3 Å². The summed E-state index contributed by atoms with van der Waals surface area (Å²) in [4.78, 5) is 0. The second-order valence-electron chi connectivity index (χ2n) is 5.90. The average Bonchev–Trinajstić information content (AvgIpc) is 2.52. The summed E-state index contributed by atoms with van der Waals surface area (Å²) in [7, 11) is 2.07. The van der Waals surface area contributed by atoms with Crippen molar-refractivity contribution in [3.8, 4) is 0 Å². The Morgan fingerprint density at radius 3 is 2.45 bits per heavy atom. The van der Waals surface area contributed by atoms with Gasteiger partial charge in [0.2, 0.25) is 0 Å². The first-order chi connectivity index (χ1) is 9.85. The van der Waals surface area contributed by atoms with Crippen molar-refractivity contribution in [1.29, 1.82) is 0 Å². The third-order valence-electron chi connectivity index (χ3n) is 4.54. The molecule has 20 heavy (non-hydrogen) atoms. The quantitative estimate of drug-likeness (QED) is 0.817. The molecule has 1 aromatic carbocycles. The fourth-order valence-corrected chi connectivity index (χ4v) is 3.49. The van der Waals surface area contributed by atoms with Crippen molar-refractivity contribution < 1.29 is 4.74 Å². The summed E-state index contributed by atoms with van der Waals surface area (Å²) in [5.74, 6) is 0.727. The van der Waals surface area contributed by atoms with Gasteiger partial charge in [-0.25, -0.2) is 0 Å². The number of nitrogens with one attached hydrogen (secondary N) is 1. The number of hydrogen-bond acceptors (Lipinski definition) is 2. The highest BCUT2D eigenvalue weighted by molar-refractivity contribution is 5.16. The van der Waals surface area contributed by atoms with Gasteiger partial charge in [-0.3, -0.25) is 0 Å². The lowest BCUT2D eigenvalue weighted by Gasteiger charge is -2.35. The molecule has 1 N–H and O–H groups in total. The number of likely N-dealkylation sites (N-methyl/N-ethyl adjacent to an activating group) is 1. The van der Waals surface area contributed by atoms with Crippen molar-refractivity contribution in [1.82, 2.24) is 5.32 Å². The molecular weight excluding hydrogens is 246 g/mol. The highest BCUT2D eigenvalue weighted by atomic mass is 16.5. The smallest absolute Gasteiger partial charge is 0.0759 e. The first-order valence-electron chi connectivity index (χ1n) is 8.18. The van der Waals surface area contributed by atoms with Crippen LogP contribution in [0.5, 0.6) is 0 Å². The van der Waals surface area contributed by atoms with Crippen LogP contribution in [-0.2, 0) is 11.2 Å². The van der Waals surface area contributed by atoms with E-state index in [4.69, 9.17) is 4.74 Å². The molecule has 0 saturated heterocycles. The molecule has 0 amide bonds. The second kappa shape index (κ2) is 8.43. The molecule has 2 rings (SSSR count). The van der Waals surface area contributed by atoms with Crippen molar-refractivity contribution in [2.45, 2.75) is 57.6 Å². The number of ether oxygens (including phenoxy) is 1. The zero-order valence-corrected chi connectivity index (χ0v) is 13.0. The van der Waals surface area contributed by atoms with E-state index in [-0.39, 0.29) is 0 Å². The molecule has 1 aromatic rings. The number of benzene rings is 1. The maximum Gasteiger partial charge on any atom is 0.0759 e. The molecule has 0 spiro atoms. The Bertz CT molecular complexity index is 359. The summed E-state index contributed by atoms with van der Waals surface area (Å²) >= 11 is 0. The van der Waals surface area contributed by atoms with E-state index in [1.807, 2.05) is 0 Å². The Morgan fingerprint density at radius 2 is 1.85 bits per heavy atom. The molecule has 0 bridgehead atoms. The molecule has 2 unspecified atom stereocenters. The zero-order chi connectivity index (χ0) is 14.2. The minimum atomic E-state index is 0.352. The predicted molar refractivity (Wildman–Crippen MR) is 85.0 cm³/mol. The van der Waals surface area contributed by atoms with Crippen LogP contribution in [-0.4, -0.2) is 25.8 Å². The van der Waals surface area contributed by atoms with Gasteiger partial charge in [-0.05, 0) is 44.7 Å². The van der Waals surface area contributed by atoms with Gasteiger partial charge in [0.05, 0.1) is 6.10 Å². The van der Waals surface area contributed by atoms with E-state index in [1.54, 1.807) is 0 Å². The van der Waals surface area contributed by atoms with Crippen LogP contribution < -0.4 is 5.32 Å². The van der Waals surface area contributed by atoms with E-state index >= 15 is 0 Å². The summed E-state index contributed by atoms with van der Waals surface area (Å²) in [5, 5.41) is 3.51. The summed E-state index contributed by atoms with van der Waals surface area (Å²) in [6.45, 7) is 2.93. The molecule has 1 saturated carbocycles. The van der Waals surface area contributed by atoms with Gasteiger partial charge < -0.3 is 10.1 Å². The molecular formula is C18H29NO. The minimum Gasteiger partial charge on any atom is -0.377 e. The van der Waals surface area contributed by atoms with Crippen molar-refractivity contribution in [3.05, 3.63) is 35.9 Å². The van der Waals surface area contributed by atoms with Crippen molar-refractivity contribution in [2.75, 3.05) is 13.7 Å². The number of rotatable bonds is 7. The van der Waals surface area contributed by atoms with Crippen LogP contribution in [0.1, 0.15) is 44.6 Å². The van der Waals surface area contributed by atoms with Crippen molar-refractivity contribution in [2.24, 2.45) is 5.92 Å². The molecule has 112 valence electrons. The van der Waals surface area contributed by atoms with Crippen molar-refractivity contribution >= 4 is 0 Å².